The molecule has 0 saturated heterocycles. The first-order valence-electron chi connectivity index (χ1n) is 6.04. The van der Waals surface area contributed by atoms with Crippen molar-refractivity contribution in [3.05, 3.63) is 34.9 Å². The van der Waals surface area contributed by atoms with E-state index in [0.29, 0.717) is 11.6 Å². The molecule has 0 saturated carbocycles. The summed E-state index contributed by atoms with van der Waals surface area (Å²) in [5.41, 5.74) is -0.550. The van der Waals surface area contributed by atoms with Crippen LogP contribution in [0.1, 0.15) is 39.4 Å². The minimum Gasteiger partial charge on any atom is -0.389 e. The summed E-state index contributed by atoms with van der Waals surface area (Å²) in [5.74, 6) is 0. The number of hydrogen-bond acceptors (Lipinski definition) is 3. The van der Waals surface area contributed by atoms with Crippen molar-refractivity contribution in [1.29, 1.82) is 0 Å². The molecule has 0 fully saturated rings. The van der Waals surface area contributed by atoms with Crippen molar-refractivity contribution in [2.75, 3.05) is 6.54 Å². The van der Waals surface area contributed by atoms with Gasteiger partial charge in [0.05, 0.1) is 11.7 Å². The summed E-state index contributed by atoms with van der Waals surface area (Å²) in [5, 5.41) is 23.9. The fourth-order valence-electron chi connectivity index (χ4n) is 1.37. The zero-order valence-electron chi connectivity index (χ0n) is 11.4. The number of β-amino-alcohol motifs (C(OH)–C–C–N with tert-alkyl or cyclic N) is 1. The van der Waals surface area contributed by atoms with Crippen LogP contribution in [0.4, 0.5) is 0 Å². The first kappa shape index (κ1) is 15.4. The van der Waals surface area contributed by atoms with Crippen LogP contribution in [-0.4, -0.2) is 27.9 Å². The third-order valence-corrected chi connectivity index (χ3v) is 3.77. The molecule has 0 aromatic heterocycles. The van der Waals surface area contributed by atoms with Gasteiger partial charge in [-0.2, -0.15) is 0 Å². The highest BCUT2D eigenvalue weighted by atomic mass is 35.5. The van der Waals surface area contributed by atoms with Gasteiger partial charge in [0.2, 0.25) is 0 Å². The molecule has 0 aliphatic carbocycles. The Morgan fingerprint density at radius 3 is 2.11 bits per heavy atom. The lowest BCUT2D eigenvalue weighted by atomic mass is 9.86. The first-order valence-corrected chi connectivity index (χ1v) is 6.42. The third-order valence-electron chi connectivity index (χ3n) is 3.52. The van der Waals surface area contributed by atoms with Gasteiger partial charge in [0.25, 0.3) is 0 Å². The molecule has 0 heterocycles. The molecule has 1 unspecified atom stereocenters. The summed E-state index contributed by atoms with van der Waals surface area (Å²) in [6.45, 7) is 7.67. The van der Waals surface area contributed by atoms with Crippen LogP contribution in [0, 0.1) is 0 Å². The van der Waals surface area contributed by atoms with E-state index < -0.39 is 17.2 Å². The lowest BCUT2D eigenvalue weighted by Crippen LogP contribution is -2.56. The molecule has 4 heteroatoms. The first-order chi connectivity index (χ1) is 8.13. The van der Waals surface area contributed by atoms with Gasteiger partial charge in [0.15, 0.2) is 0 Å². The Bertz CT molecular complexity index is 382. The fourth-order valence-corrected chi connectivity index (χ4v) is 1.50. The predicted molar refractivity (Wildman–Crippen MR) is 74.8 cm³/mol. The van der Waals surface area contributed by atoms with Crippen LogP contribution < -0.4 is 5.32 Å². The summed E-state index contributed by atoms with van der Waals surface area (Å²) in [6.07, 6.45) is -0.621. The number of halogens is 1. The Hall–Kier alpha value is -0.610. The zero-order valence-corrected chi connectivity index (χ0v) is 12.1. The highest BCUT2D eigenvalue weighted by Gasteiger charge is 2.34. The van der Waals surface area contributed by atoms with E-state index in [-0.39, 0.29) is 0 Å². The van der Waals surface area contributed by atoms with Gasteiger partial charge in [0.1, 0.15) is 0 Å². The van der Waals surface area contributed by atoms with Crippen molar-refractivity contribution >= 4 is 11.6 Å². The van der Waals surface area contributed by atoms with E-state index in [1.807, 2.05) is 13.8 Å². The SMILES string of the molecule is CC(C)(O)C(C)(C)NCC(O)c1ccc(Cl)cc1. The Kier molecular flexibility index (Phi) is 4.78. The smallest absolute Gasteiger partial charge is 0.0914 e. The number of benzene rings is 1. The fraction of sp³-hybridized carbons (Fsp3) is 0.571. The molecular weight excluding hydrogens is 250 g/mol. The minimum atomic E-state index is -0.868. The van der Waals surface area contributed by atoms with Crippen LogP contribution in [0.5, 0.6) is 0 Å². The van der Waals surface area contributed by atoms with E-state index in [2.05, 4.69) is 5.32 Å². The highest BCUT2D eigenvalue weighted by Crippen LogP contribution is 2.22. The van der Waals surface area contributed by atoms with E-state index in [9.17, 15) is 10.2 Å². The van der Waals surface area contributed by atoms with E-state index in [0.717, 1.165) is 5.56 Å². The lowest BCUT2D eigenvalue weighted by Gasteiger charge is -2.38. The summed E-state index contributed by atoms with van der Waals surface area (Å²) in [4.78, 5) is 0. The zero-order chi connectivity index (χ0) is 14.0. The van der Waals surface area contributed by atoms with Gasteiger partial charge in [-0.1, -0.05) is 23.7 Å². The van der Waals surface area contributed by atoms with Gasteiger partial charge in [-0.3, -0.25) is 0 Å². The van der Waals surface area contributed by atoms with Gasteiger partial charge < -0.3 is 15.5 Å². The second kappa shape index (κ2) is 5.57. The Balaban J connectivity index is 2.61. The summed E-state index contributed by atoms with van der Waals surface area (Å²) in [6, 6.07) is 7.10. The monoisotopic (exact) mass is 271 g/mol. The molecule has 0 amide bonds. The van der Waals surface area contributed by atoms with Crippen LogP contribution in [-0.2, 0) is 0 Å². The quantitative estimate of drug-likeness (QED) is 0.771. The van der Waals surface area contributed by atoms with Crippen molar-refractivity contribution in [3.63, 3.8) is 0 Å². The van der Waals surface area contributed by atoms with Crippen LogP contribution in [0.3, 0.4) is 0 Å². The Morgan fingerprint density at radius 1 is 1.17 bits per heavy atom. The average molecular weight is 272 g/mol. The highest BCUT2D eigenvalue weighted by molar-refractivity contribution is 6.30. The van der Waals surface area contributed by atoms with Crippen molar-refractivity contribution in [2.24, 2.45) is 0 Å². The standard InChI is InChI=1S/C14H22ClNO2/c1-13(2,14(3,4)18)16-9-12(17)10-5-7-11(15)8-6-10/h5-8,12,16-18H,9H2,1-4H3. The summed E-state index contributed by atoms with van der Waals surface area (Å²) >= 11 is 5.80. The van der Waals surface area contributed by atoms with E-state index in [1.165, 1.54) is 0 Å². The molecule has 0 aliphatic rings. The molecule has 0 bridgehead atoms. The van der Waals surface area contributed by atoms with Gasteiger partial charge in [-0.15, -0.1) is 0 Å². The van der Waals surface area contributed by atoms with Crippen molar-refractivity contribution in [2.45, 2.75) is 44.9 Å². The van der Waals surface area contributed by atoms with E-state index >= 15 is 0 Å². The second-order valence-corrected chi connectivity index (χ2v) is 6.07. The Morgan fingerprint density at radius 2 is 1.67 bits per heavy atom. The van der Waals surface area contributed by atoms with E-state index in [4.69, 9.17) is 11.6 Å². The molecule has 0 aliphatic heterocycles. The average Bonchev–Trinajstić information content (AvgIpc) is 2.25. The van der Waals surface area contributed by atoms with E-state index in [1.54, 1.807) is 38.1 Å². The van der Waals surface area contributed by atoms with Gasteiger partial charge >= 0.3 is 0 Å². The molecule has 3 nitrogen and oxygen atoms in total. The summed E-state index contributed by atoms with van der Waals surface area (Å²) in [7, 11) is 0. The van der Waals surface area contributed by atoms with Gasteiger partial charge in [-0.25, -0.2) is 0 Å². The largest absolute Gasteiger partial charge is 0.389 e. The molecule has 1 rings (SSSR count). The van der Waals surface area contributed by atoms with Gasteiger partial charge in [-0.05, 0) is 45.4 Å². The topological polar surface area (TPSA) is 52.5 Å². The van der Waals surface area contributed by atoms with Crippen molar-refractivity contribution in [1.82, 2.24) is 5.32 Å². The van der Waals surface area contributed by atoms with Crippen LogP contribution in [0.25, 0.3) is 0 Å². The maximum atomic E-state index is 10.1. The normalized spacial score (nSPS) is 14.6. The van der Waals surface area contributed by atoms with Crippen LogP contribution in [0.15, 0.2) is 24.3 Å². The summed E-state index contributed by atoms with van der Waals surface area (Å²) < 4.78 is 0. The number of aliphatic hydroxyl groups excluding tert-OH is 1. The second-order valence-electron chi connectivity index (χ2n) is 5.63. The van der Waals surface area contributed by atoms with Crippen molar-refractivity contribution < 1.29 is 10.2 Å². The number of aliphatic hydroxyl groups is 2. The maximum absolute atomic E-state index is 10.1. The molecule has 102 valence electrons. The molecule has 18 heavy (non-hydrogen) atoms. The van der Waals surface area contributed by atoms with Gasteiger partial charge in [0, 0.05) is 17.1 Å². The third kappa shape index (κ3) is 3.95. The minimum absolute atomic E-state index is 0.374. The molecule has 3 N–H and O–H groups in total. The van der Waals surface area contributed by atoms with Crippen molar-refractivity contribution in [3.8, 4) is 0 Å². The predicted octanol–water partition coefficient (Wildman–Crippen LogP) is 2.51. The maximum Gasteiger partial charge on any atom is 0.0914 e. The molecule has 0 spiro atoms. The number of hydrogen-bond donors (Lipinski definition) is 3. The number of nitrogens with one attached hydrogen (secondary N) is 1. The van der Waals surface area contributed by atoms with Crippen LogP contribution in [0.2, 0.25) is 5.02 Å². The Labute approximate surface area is 114 Å². The number of rotatable bonds is 5. The molecular formula is C14H22ClNO2. The lowest BCUT2D eigenvalue weighted by molar-refractivity contribution is -0.00978. The van der Waals surface area contributed by atoms with Crippen LogP contribution >= 0.6 is 11.6 Å². The molecule has 1 atom stereocenters. The molecule has 1 aromatic carbocycles. The molecule has 1 aromatic rings. The molecule has 0 radical (unpaired) electrons.